The summed E-state index contributed by atoms with van der Waals surface area (Å²) in [6.45, 7) is 4.67. The molecule has 6 heteroatoms. The lowest BCUT2D eigenvalue weighted by molar-refractivity contribution is -0.142. The zero-order valence-electron chi connectivity index (χ0n) is 10.1. The molecule has 1 rings (SSSR count). The van der Waals surface area contributed by atoms with Crippen LogP contribution in [0, 0.1) is 0 Å². The Bertz CT molecular complexity index is 270. The van der Waals surface area contributed by atoms with E-state index in [-0.39, 0.29) is 18.4 Å². The Hall–Kier alpha value is -1.14. The van der Waals surface area contributed by atoms with Crippen LogP contribution in [0.5, 0.6) is 0 Å². The maximum Gasteiger partial charge on any atom is 0.306 e. The van der Waals surface area contributed by atoms with Crippen molar-refractivity contribution < 1.29 is 19.4 Å². The number of amides is 1. The molecule has 0 aromatic carbocycles. The molecule has 0 bridgehead atoms. The van der Waals surface area contributed by atoms with Gasteiger partial charge in [0.05, 0.1) is 25.7 Å². The first-order chi connectivity index (χ1) is 8.11. The van der Waals surface area contributed by atoms with Gasteiger partial charge in [-0.1, -0.05) is 6.92 Å². The fourth-order valence-corrected chi connectivity index (χ4v) is 1.77. The Kier molecular flexibility index (Phi) is 5.93. The van der Waals surface area contributed by atoms with Crippen LogP contribution in [-0.2, 0) is 14.3 Å². The lowest BCUT2D eigenvalue weighted by Gasteiger charge is -2.31. The molecule has 0 aromatic heterocycles. The van der Waals surface area contributed by atoms with Crippen molar-refractivity contribution in [1.82, 2.24) is 10.2 Å². The first-order valence-electron chi connectivity index (χ1n) is 5.94. The number of carbonyl (C=O) groups excluding carboxylic acids is 1. The molecule has 0 saturated carbocycles. The summed E-state index contributed by atoms with van der Waals surface area (Å²) in [5, 5.41) is 11.5. The standard InChI is InChI=1S/C11H20N2O4/c1-2-3-12-10(14)8-13-4-5-17-9(7-13)6-11(15)16/h9H,2-8H2,1H3,(H,12,14)(H,15,16). The molecule has 0 spiro atoms. The van der Waals surface area contributed by atoms with E-state index in [2.05, 4.69) is 5.32 Å². The summed E-state index contributed by atoms with van der Waals surface area (Å²) >= 11 is 0. The predicted molar refractivity (Wildman–Crippen MR) is 61.7 cm³/mol. The van der Waals surface area contributed by atoms with E-state index in [1.54, 1.807) is 0 Å². The average Bonchev–Trinajstić information content (AvgIpc) is 2.26. The van der Waals surface area contributed by atoms with E-state index < -0.39 is 5.97 Å². The van der Waals surface area contributed by atoms with Crippen molar-refractivity contribution in [2.24, 2.45) is 0 Å². The number of hydrogen-bond acceptors (Lipinski definition) is 4. The number of rotatable bonds is 6. The predicted octanol–water partition coefficient (Wildman–Crippen LogP) is -0.312. The van der Waals surface area contributed by atoms with Gasteiger partial charge in [-0.25, -0.2) is 0 Å². The molecule has 0 radical (unpaired) electrons. The molecule has 1 saturated heterocycles. The van der Waals surface area contributed by atoms with Gasteiger partial charge in [0, 0.05) is 19.6 Å². The van der Waals surface area contributed by atoms with E-state index in [0.717, 1.165) is 6.42 Å². The molecule has 1 aliphatic heterocycles. The topological polar surface area (TPSA) is 78.9 Å². The van der Waals surface area contributed by atoms with Crippen molar-refractivity contribution in [3.8, 4) is 0 Å². The van der Waals surface area contributed by atoms with Gasteiger partial charge in [-0.15, -0.1) is 0 Å². The van der Waals surface area contributed by atoms with Crippen molar-refractivity contribution >= 4 is 11.9 Å². The van der Waals surface area contributed by atoms with Gasteiger partial charge in [-0.05, 0) is 6.42 Å². The number of hydrogen-bond donors (Lipinski definition) is 2. The molecular weight excluding hydrogens is 224 g/mol. The normalized spacial score (nSPS) is 21.1. The van der Waals surface area contributed by atoms with Crippen LogP contribution in [0.4, 0.5) is 0 Å². The van der Waals surface area contributed by atoms with Gasteiger partial charge in [0.15, 0.2) is 0 Å². The Morgan fingerprint density at radius 3 is 2.94 bits per heavy atom. The Morgan fingerprint density at radius 1 is 1.53 bits per heavy atom. The lowest BCUT2D eigenvalue weighted by Crippen LogP contribution is -2.47. The van der Waals surface area contributed by atoms with Crippen molar-refractivity contribution in [2.45, 2.75) is 25.9 Å². The monoisotopic (exact) mass is 244 g/mol. The zero-order valence-corrected chi connectivity index (χ0v) is 10.1. The summed E-state index contributed by atoms with van der Waals surface area (Å²) in [6, 6.07) is 0. The van der Waals surface area contributed by atoms with Gasteiger partial charge >= 0.3 is 5.97 Å². The second kappa shape index (κ2) is 7.24. The highest BCUT2D eigenvalue weighted by Gasteiger charge is 2.23. The minimum atomic E-state index is -0.868. The zero-order chi connectivity index (χ0) is 12.7. The number of nitrogens with zero attached hydrogens (tertiary/aromatic N) is 1. The quantitative estimate of drug-likeness (QED) is 0.670. The van der Waals surface area contributed by atoms with E-state index >= 15 is 0 Å². The van der Waals surface area contributed by atoms with Crippen LogP contribution >= 0.6 is 0 Å². The lowest BCUT2D eigenvalue weighted by atomic mass is 10.2. The fourth-order valence-electron chi connectivity index (χ4n) is 1.77. The van der Waals surface area contributed by atoms with E-state index in [1.807, 2.05) is 11.8 Å². The van der Waals surface area contributed by atoms with Gasteiger partial charge in [0.25, 0.3) is 0 Å². The van der Waals surface area contributed by atoms with Crippen LogP contribution in [-0.4, -0.2) is 60.8 Å². The summed E-state index contributed by atoms with van der Waals surface area (Å²) in [6.07, 6.45) is 0.601. The van der Waals surface area contributed by atoms with Crippen molar-refractivity contribution in [1.29, 1.82) is 0 Å². The SMILES string of the molecule is CCCNC(=O)CN1CCOC(CC(=O)O)C1. The average molecular weight is 244 g/mol. The minimum absolute atomic E-state index is 0.00687. The molecule has 1 heterocycles. The van der Waals surface area contributed by atoms with Crippen molar-refractivity contribution in [3.05, 3.63) is 0 Å². The second-order valence-electron chi connectivity index (χ2n) is 4.18. The van der Waals surface area contributed by atoms with Gasteiger partial charge in [-0.2, -0.15) is 0 Å². The molecule has 1 atom stereocenters. The van der Waals surface area contributed by atoms with Crippen molar-refractivity contribution in [2.75, 3.05) is 32.8 Å². The first-order valence-corrected chi connectivity index (χ1v) is 5.94. The first kappa shape index (κ1) is 13.9. The van der Waals surface area contributed by atoms with Gasteiger partial charge in [0.1, 0.15) is 0 Å². The number of aliphatic carboxylic acids is 1. The van der Waals surface area contributed by atoms with Crippen LogP contribution in [0.2, 0.25) is 0 Å². The molecule has 2 N–H and O–H groups in total. The van der Waals surface area contributed by atoms with Crippen molar-refractivity contribution in [3.63, 3.8) is 0 Å². The Labute approximate surface area is 101 Å². The van der Waals surface area contributed by atoms with Crippen LogP contribution < -0.4 is 5.32 Å². The summed E-state index contributed by atoms with van der Waals surface area (Å²) < 4.78 is 5.33. The third-order valence-corrected chi connectivity index (χ3v) is 2.56. The number of carboxylic acid groups (broad SMARTS) is 1. The second-order valence-corrected chi connectivity index (χ2v) is 4.18. The van der Waals surface area contributed by atoms with E-state index in [1.165, 1.54) is 0 Å². The molecule has 0 aromatic rings. The molecule has 1 unspecified atom stereocenters. The highest BCUT2D eigenvalue weighted by molar-refractivity contribution is 5.78. The summed E-state index contributed by atoms with van der Waals surface area (Å²) in [7, 11) is 0. The van der Waals surface area contributed by atoms with Crippen LogP contribution in [0.1, 0.15) is 19.8 Å². The molecule has 0 aliphatic carbocycles. The van der Waals surface area contributed by atoms with Crippen LogP contribution in [0.25, 0.3) is 0 Å². The molecule has 6 nitrogen and oxygen atoms in total. The maximum atomic E-state index is 11.5. The molecule has 1 aliphatic rings. The summed E-state index contributed by atoms with van der Waals surface area (Å²) in [5.41, 5.74) is 0. The highest BCUT2D eigenvalue weighted by Crippen LogP contribution is 2.08. The van der Waals surface area contributed by atoms with Gasteiger partial charge in [-0.3, -0.25) is 14.5 Å². The number of carboxylic acids is 1. The Balaban J connectivity index is 2.28. The van der Waals surface area contributed by atoms with E-state index in [0.29, 0.717) is 32.8 Å². The van der Waals surface area contributed by atoms with E-state index in [9.17, 15) is 9.59 Å². The molecule has 1 fully saturated rings. The number of nitrogens with one attached hydrogen (secondary N) is 1. The largest absolute Gasteiger partial charge is 0.481 e. The Morgan fingerprint density at radius 2 is 2.29 bits per heavy atom. The number of carbonyl (C=O) groups is 2. The minimum Gasteiger partial charge on any atom is -0.481 e. The molecule has 98 valence electrons. The summed E-state index contributed by atoms with van der Waals surface area (Å²) in [4.78, 5) is 24.0. The third-order valence-electron chi connectivity index (χ3n) is 2.56. The smallest absolute Gasteiger partial charge is 0.306 e. The number of morpholine rings is 1. The molecular formula is C11H20N2O4. The van der Waals surface area contributed by atoms with E-state index in [4.69, 9.17) is 9.84 Å². The van der Waals surface area contributed by atoms with Gasteiger partial charge < -0.3 is 15.2 Å². The fraction of sp³-hybridized carbons (Fsp3) is 0.818. The maximum absolute atomic E-state index is 11.5. The molecule has 17 heavy (non-hydrogen) atoms. The van der Waals surface area contributed by atoms with Crippen LogP contribution in [0.3, 0.4) is 0 Å². The highest BCUT2D eigenvalue weighted by atomic mass is 16.5. The van der Waals surface area contributed by atoms with Crippen LogP contribution in [0.15, 0.2) is 0 Å². The van der Waals surface area contributed by atoms with Gasteiger partial charge in [0.2, 0.25) is 5.91 Å². The molecule has 1 amide bonds. The number of ether oxygens (including phenoxy) is 1. The summed E-state index contributed by atoms with van der Waals surface area (Å²) in [5.74, 6) is -0.880. The third kappa shape index (κ3) is 5.65.